The summed E-state index contributed by atoms with van der Waals surface area (Å²) in [5, 5.41) is 3.00. The van der Waals surface area contributed by atoms with Crippen molar-refractivity contribution >= 4 is 5.69 Å². The molecule has 0 aliphatic rings. The molecule has 1 heterocycles. The van der Waals surface area contributed by atoms with Gasteiger partial charge >= 0.3 is 0 Å². The van der Waals surface area contributed by atoms with E-state index in [1.807, 2.05) is 19.9 Å². The second kappa shape index (κ2) is 3.23. The summed E-state index contributed by atoms with van der Waals surface area (Å²) < 4.78 is 0. The number of hydrogen-bond donors (Lipinski definition) is 2. The van der Waals surface area contributed by atoms with Crippen LogP contribution in [0.25, 0.3) is 0 Å². The molecule has 3 heteroatoms. The van der Waals surface area contributed by atoms with E-state index in [0.717, 1.165) is 12.1 Å². The van der Waals surface area contributed by atoms with E-state index in [9.17, 15) is 4.79 Å². The maximum atomic E-state index is 11.1. The molecule has 11 heavy (non-hydrogen) atoms. The van der Waals surface area contributed by atoms with Crippen molar-refractivity contribution in [1.82, 2.24) is 4.98 Å². The van der Waals surface area contributed by atoms with Gasteiger partial charge in [-0.2, -0.15) is 0 Å². The lowest BCUT2D eigenvalue weighted by molar-refractivity contribution is 1.14. The second-order valence-corrected chi connectivity index (χ2v) is 2.40. The zero-order valence-electron chi connectivity index (χ0n) is 6.77. The summed E-state index contributed by atoms with van der Waals surface area (Å²) in [7, 11) is 0. The molecule has 0 bridgehead atoms. The lowest BCUT2D eigenvalue weighted by Crippen LogP contribution is -2.14. The summed E-state index contributed by atoms with van der Waals surface area (Å²) in [6, 6.07) is 1.87. The maximum absolute atomic E-state index is 11.1. The molecule has 0 aliphatic heterocycles. The van der Waals surface area contributed by atoms with Gasteiger partial charge in [-0.25, -0.2) is 0 Å². The molecular formula is C8H12N2O. The smallest absolute Gasteiger partial charge is 0.271 e. The Hall–Kier alpha value is -1.25. The Morgan fingerprint density at radius 3 is 2.91 bits per heavy atom. The van der Waals surface area contributed by atoms with Crippen molar-refractivity contribution in [2.45, 2.75) is 13.8 Å². The van der Waals surface area contributed by atoms with E-state index in [-0.39, 0.29) is 5.56 Å². The fourth-order valence-corrected chi connectivity index (χ4v) is 0.973. The van der Waals surface area contributed by atoms with E-state index in [1.54, 1.807) is 6.20 Å². The summed E-state index contributed by atoms with van der Waals surface area (Å²) >= 11 is 0. The van der Waals surface area contributed by atoms with Crippen LogP contribution in [-0.4, -0.2) is 11.5 Å². The Morgan fingerprint density at radius 2 is 2.36 bits per heavy atom. The van der Waals surface area contributed by atoms with Crippen LogP contribution < -0.4 is 10.9 Å². The van der Waals surface area contributed by atoms with Gasteiger partial charge in [0.25, 0.3) is 5.56 Å². The second-order valence-electron chi connectivity index (χ2n) is 2.40. The molecule has 0 unspecified atom stereocenters. The number of aromatic amines is 1. The van der Waals surface area contributed by atoms with Crippen LogP contribution in [-0.2, 0) is 0 Å². The Morgan fingerprint density at radius 1 is 1.64 bits per heavy atom. The first-order valence-electron chi connectivity index (χ1n) is 3.68. The first kappa shape index (κ1) is 7.85. The first-order chi connectivity index (χ1) is 5.25. The molecule has 1 aromatic heterocycles. The molecule has 0 spiro atoms. The van der Waals surface area contributed by atoms with Crippen LogP contribution in [0.2, 0.25) is 0 Å². The number of pyridine rings is 1. The summed E-state index contributed by atoms with van der Waals surface area (Å²) in [4.78, 5) is 13.7. The van der Waals surface area contributed by atoms with Crippen LogP contribution in [0.5, 0.6) is 0 Å². The lowest BCUT2D eigenvalue weighted by Gasteiger charge is -2.03. The Labute approximate surface area is 65.5 Å². The SMILES string of the molecule is CCNc1c(C)cc[nH]c1=O. The van der Waals surface area contributed by atoms with Gasteiger partial charge in [0.1, 0.15) is 5.69 Å². The number of anilines is 1. The van der Waals surface area contributed by atoms with Gasteiger partial charge in [0.2, 0.25) is 0 Å². The van der Waals surface area contributed by atoms with Crippen LogP contribution in [0.15, 0.2) is 17.1 Å². The van der Waals surface area contributed by atoms with E-state index in [2.05, 4.69) is 10.3 Å². The molecule has 0 atom stereocenters. The maximum Gasteiger partial charge on any atom is 0.271 e. The molecule has 1 aromatic rings. The van der Waals surface area contributed by atoms with E-state index in [0.29, 0.717) is 5.69 Å². The van der Waals surface area contributed by atoms with Gasteiger partial charge in [0, 0.05) is 12.7 Å². The topological polar surface area (TPSA) is 44.9 Å². The predicted molar refractivity (Wildman–Crippen MR) is 46.0 cm³/mol. The standard InChI is InChI=1S/C8H12N2O/c1-3-9-7-6(2)4-5-10-8(7)11/h4-5,9H,3H2,1-2H3,(H,10,11). The minimum absolute atomic E-state index is 0.0492. The van der Waals surface area contributed by atoms with Crippen LogP contribution in [0, 0.1) is 6.92 Å². The van der Waals surface area contributed by atoms with Crippen molar-refractivity contribution in [1.29, 1.82) is 0 Å². The van der Waals surface area contributed by atoms with Crippen molar-refractivity contribution < 1.29 is 0 Å². The molecule has 0 radical (unpaired) electrons. The van der Waals surface area contributed by atoms with Crippen LogP contribution >= 0.6 is 0 Å². The molecule has 0 saturated heterocycles. The van der Waals surface area contributed by atoms with Gasteiger partial charge in [0.05, 0.1) is 0 Å². The monoisotopic (exact) mass is 152 g/mol. The van der Waals surface area contributed by atoms with E-state index in [1.165, 1.54) is 0 Å². The third-order valence-corrected chi connectivity index (χ3v) is 1.52. The Balaban J connectivity index is 3.10. The third-order valence-electron chi connectivity index (χ3n) is 1.52. The van der Waals surface area contributed by atoms with Crippen molar-refractivity contribution in [2.24, 2.45) is 0 Å². The first-order valence-corrected chi connectivity index (χ1v) is 3.68. The Kier molecular flexibility index (Phi) is 2.31. The number of aromatic nitrogens is 1. The van der Waals surface area contributed by atoms with Crippen LogP contribution in [0.1, 0.15) is 12.5 Å². The highest BCUT2D eigenvalue weighted by Gasteiger charge is 1.98. The number of H-pyrrole nitrogens is 1. The lowest BCUT2D eigenvalue weighted by atomic mass is 10.2. The van der Waals surface area contributed by atoms with Gasteiger partial charge in [-0.15, -0.1) is 0 Å². The highest BCUT2D eigenvalue weighted by atomic mass is 16.1. The summed E-state index contributed by atoms with van der Waals surface area (Å²) in [6.45, 7) is 4.65. The summed E-state index contributed by atoms with van der Waals surface area (Å²) in [5.41, 5.74) is 1.61. The fourth-order valence-electron chi connectivity index (χ4n) is 0.973. The third kappa shape index (κ3) is 1.61. The highest BCUT2D eigenvalue weighted by Crippen LogP contribution is 2.04. The average Bonchev–Trinajstić information content (AvgIpc) is 1.97. The number of aryl methyl sites for hydroxylation is 1. The van der Waals surface area contributed by atoms with Gasteiger partial charge in [0.15, 0.2) is 0 Å². The van der Waals surface area contributed by atoms with E-state index >= 15 is 0 Å². The number of nitrogens with one attached hydrogen (secondary N) is 2. The fraction of sp³-hybridized carbons (Fsp3) is 0.375. The van der Waals surface area contributed by atoms with Crippen LogP contribution in [0.3, 0.4) is 0 Å². The number of rotatable bonds is 2. The van der Waals surface area contributed by atoms with Crippen molar-refractivity contribution in [3.63, 3.8) is 0 Å². The molecular weight excluding hydrogens is 140 g/mol. The van der Waals surface area contributed by atoms with Gasteiger partial charge in [-0.3, -0.25) is 4.79 Å². The average molecular weight is 152 g/mol. The van der Waals surface area contributed by atoms with Crippen molar-refractivity contribution in [2.75, 3.05) is 11.9 Å². The molecule has 3 nitrogen and oxygen atoms in total. The van der Waals surface area contributed by atoms with Crippen molar-refractivity contribution in [3.8, 4) is 0 Å². The molecule has 0 aliphatic carbocycles. The van der Waals surface area contributed by atoms with E-state index < -0.39 is 0 Å². The summed E-state index contributed by atoms with van der Waals surface area (Å²) in [6.07, 6.45) is 1.65. The number of hydrogen-bond acceptors (Lipinski definition) is 2. The molecule has 0 aromatic carbocycles. The van der Waals surface area contributed by atoms with Crippen LogP contribution in [0.4, 0.5) is 5.69 Å². The van der Waals surface area contributed by atoms with E-state index in [4.69, 9.17) is 0 Å². The quantitative estimate of drug-likeness (QED) is 0.667. The molecule has 0 amide bonds. The molecule has 0 fully saturated rings. The zero-order chi connectivity index (χ0) is 8.27. The molecule has 1 rings (SSSR count). The molecule has 2 N–H and O–H groups in total. The van der Waals surface area contributed by atoms with Gasteiger partial charge in [-0.1, -0.05) is 0 Å². The predicted octanol–water partition coefficient (Wildman–Crippen LogP) is 1.12. The molecule has 60 valence electrons. The molecule has 0 saturated carbocycles. The summed E-state index contributed by atoms with van der Waals surface area (Å²) in [5.74, 6) is 0. The minimum Gasteiger partial charge on any atom is -0.381 e. The zero-order valence-corrected chi connectivity index (χ0v) is 6.77. The van der Waals surface area contributed by atoms with Crippen molar-refractivity contribution in [3.05, 3.63) is 28.2 Å². The highest BCUT2D eigenvalue weighted by molar-refractivity contribution is 5.47. The normalized spacial score (nSPS) is 9.64. The minimum atomic E-state index is -0.0492. The van der Waals surface area contributed by atoms with Gasteiger partial charge in [-0.05, 0) is 25.5 Å². The largest absolute Gasteiger partial charge is 0.381 e. The Bertz CT molecular complexity index is 290. The van der Waals surface area contributed by atoms with Gasteiger partial charge < -0.3 is 10.3 Å².